The second-order valence-electron chi connectivity index (χ2n) is 8.79. The molecule has 2 atom stereocenters. The van der Waals surface area contributed by atoms with Crippen molar-refractivity contribution in [1.82, 2.24) is 25.3 Å². The maximum atomic E-state index is 14.4. The fraction of sp³-hybridized carbons (Fsp3) is 0.296. The Hall–Kier alpha value is -4.18. The number of fused-ring (bicyclic) bond motifs is 1. The van der Waals surface area contributed by atoms with Gasteiger partial charge in [0.05, 0.1) is 36.7 Å². The van der Waals surface area contributed by atoms with E-state index in [0.717, 1.165) is 17.3 Å². The van der Waals surface area contributed by atoms with Crippen LogP contribution in [0.3, 0.4) is 0 Å². The summed E-state index contributed by atoms with van der Waals surface area (Å²) in [4.78, 5) is 29.5. The van der Waals surface area contributed by atoms with Crippen molar-refractivity contribution in [3.05, 3.63) is 71.6 Å². The highest BCUT2D eigenvalue weighted by molar-refractivity contribution is 6.06. The first-order valence-corrected chi connectivity index (χ1v) is 11.9. The van der Waals surface area contributed by atoms with Crippen LogP contribution in [0, 0.1) is 11.7 Å². The van der Waals surface area contributed by atoms with Gasteiger partial charge >= 0.3 is 0 Å². The first kappa shape index (κ1) is 25.9. The van der Waals surface area contributed by atoms with Crippen LogP contribution < -0.4 is 15.4 Å². The van der Waals surface area contributed by atoms with Crippen LogP contribution in [0.2, 0.25) is 0 Å². The zero-order chi connectivity index (χ0) is 26.5. The van der Waals surface area contributed by atoms with Crippen molar-refractivity contribution in [2.45, 2.75) is 26.4 Å². The molecule has 0 radical (unpaired) electrons. The fourth-order valence-corrected chi connectivity index (χ4v) is 4.24. The van der Waals surface area contributed by atoms with Gasteiger partial charge in [0.15, 0.2) is 5.82 Å². The Morgan fingerprint density at radius 1 is 1.14 bits per heavy atom. The molecular weight excluding hydrogens is 475 g/mol. The Balaban J connectivity index is 1.53. The highest BCUT2D eigenvalue weighted by atomic mass is 19.1. The summed E-state index contributed by atoms with van der Waals surface area (Å²) >= 11 is 0. The van der Waals surface area contributed by atoms with Gasteiger partial charge in [-0.15, -0.1) is 0 Å². The number of aliphatic hydroxyl groups is 1. The van der Waals surface area contributed by atoms with Gasteiger partial charge < -0.3 is 20.5 Å². The number of amides is 1. The SMILES string of the molecule is CNC(=O)c1c(F)cnc2c(C(C)C(C)CNc3cc(-c4cnc(OC)c(CO)c4)ncn3)cccc12. The number of ether oxygens (including phenoxy) is 1. The van der Waals surface area contributed by atoms with Gasteiger partial charge in [-0.2, -0.15) is 0 Å². The van der Waals surface area contributed by atoms with Crippen molar-refractivity contribution in [1.29, 1.82) is 0 Å². The molecule has 0 saturated heterocycles. The smallest absolute Gasteiger partial charge is 0.254 e. The molecule has 1 aromatic carbocycles. The molecule has 3 heterocycles. The van der Waals surface area contributed by atoms with Crippen LogP contribution in [0.5, 0.6) is 5.88 Å². The third-order valence-electron chi connectivity index (χ3n) is 6.54. The summed E-state index contributed by atoms with van der Waals surface area (Å²) in [6.45, 7) is 4.58. The van der Waals surface area contributed by atoms with E-state index in [2.05, 4.69) is 44.4 Å². The van der Waals surface area contributed by atoms with Gasteiger partial charge in [-0.1, -0.05) is 32.0 Å². The van der Waals surface area contributed by atoms with Crippen LogP contribution in [0.4, 0.5) is 10.2 Å². The lowest BCUT2D eigenvalue weighted by Crippen LogP contribution is -2.21. The summed E-state index contributed by atoms with van der Waals surface area (Å²) in [5, 5.41) is 15.9. The molecule has 4 aromatic rings. The molecule has 2 unspecified atom stereocenters. The molecule has 0 bridgehead atoms. The van der Waals surface area contributed by atoms with Crippen molar-refractivity contribution in [2.75, 3.05) is 26.0 Å². The van der Waals surface area contributed by atoms with E-state index in [4.69, 9.17) is 4.74 Å². The first-order chi connectivity index (χ1) is 17.9. The fourth-order valence-electron chi connectivity index (χ4n) is 4.24. The van der Waals surface area contributed by atoms with E-state index in [1.807, 2.05) is 18.2 Å². The molecule has 3 N–H and O–H groups in total. The molecule has 10 heteroatoms. The number of para-hydroxylation sites is 1. The Kier molecular flexibility index (Phi) is 7.88. The molecule has 0 spiro atoms. The number of methoxy groups -OCH3 is 1. The Morgan fingerprint density at radius 2 is 1.95 bits per heavy atom. The molecule has 192 valence electrons. The van der Waals surface area contributed by atoms with Gasteiger partial charge in [0.25, 0.3) is 5.91 Å². The molecule has 0 saturated carbocycles. The van der Waals surface area contributed by atoms with Crippen LogP contribution in [-0.4, -0.2) is 51.7 Å². The molecule has 0 aliphatic heterocycles. The molecule has 1 amide bonds. The quantitative estimate of drug-likeness (QED) is 0.313. The maximum absolute atomic E-state index is 14.4. The topological polar surface area (TPSA) is 122 Å². The predicted octanol–water partition coefficient (Wildman–Crippen LogP) is 3.94. The van der Waals surface area contributed by atoms with Gasteiger partial charge in [0.2, 0.25) is 5.88 Å². The van der Waals surface area contributed by atoms with Crippen LogP contribution in [0.15, 0.2) is 49.1 Å². The largest absolute Gasteiger partial charge is 0.481 e. The number of nitrogens with zero attached hydrogens (tertiary/aromatic N) is 4. The number of aromatic nitrogens is 4. The average Bonchev–Trinajstić information content (AvgIpc) is 2.94. The lowest BCUT2D eigenvalue weighted by Gasteiger charge is -2.22. The first-order valence-electron chi connectivity index (χ1n) is 11.9. The molecular formula is C27H29FN6O3. The number of carbonyl (C=O) groups excluding carboxylic acids is 1. The van der Waals surface area contributed by atoms with E-state index in [1.54, 1.807) is 18.3 Å². The van der Waals surface area contributed by atoms with Crippen molar-refractivity contribution >= 4 is 22.6 Å². The minimum Gasteiger partial charge on any atom is -0.481 e. The van der Waals surface area contributed by atoms with Gasteiger partial charge in [-0.3, -0.25) is 9.78 Å². The molecule has 0 aliphatic carbocycles. The van der Waals surface area contributed by atoms with Crippen LogP contribution in [0.25, 0.3) is 22.2 Å². The number of halogens is 1. The minimum atomic E-state index is -0.649. The van der Waals surface area contributed by atoms with Crippen molar-refractivity contribution in [3.8, 4) is 17.1 Å². The van der Waals surface area contributed by atoms with E-state index in [1.165, 1.54) is 20.5 Å². The number of carbonyl (C=O) groups is 1. The summed E-state index contributed by atoms with van der Waals surface area (Å²) < 4.78 is 19.6. The Morgan fingerprint density at radius 3 is 2.68 bits per heavy atom. The number of anilines is 1. The lowest BCUT2D eigenvalue weighted by atomic mass is 9.87. The zero-order valence-corrected chi connectivity index (χ0v) is 21.1. The zero-order valence-electron chi connectivity index (χ0n) is 21.1. The Bertz CT molecular complexity index is 1430. The van der Waals surface area contributed by atoms with E-state index < -0.39 is 11.7 Å². The van der Waals surface area contributed by atoms with Crippen molar-refractivity contribution in [3.63, 3.8) is 0 Å². The van der Waals surface area contributed by atoms with Gasteiger partial charge in [0.1, 0.15) is 12.1 Å². The van der Waals surface area contributed by atoms with Gasteiger partial charge in [0, 0.05) is 42.4 Å². The Labute approximate surface area is 214 Å². The molecule has 3 aromatic heterocycles. The second kappa shape index (κ2) is 11.3. The summed E-state index contributed by atoms with van der Waals surface area (Å²) in [5.41, 5.74) is 3.50. The average molecular weight is 505 g/mol. The van der Waals surface area contributed by atoms with E-state index in [9.17, 15) is 14.3 Å². The number of rotatable bonds is 9. The maximum Gasteiger partial charge on any atom is 0.254 e. The highest BCUT2D eigenvalue weighted by Crippen LogP contribution is 2.32. The molecule has 0 fully saturated rings. The number of hydrogen-bond donors (Lipinski definition) is 3. The van der Waals surface area contributed by atoms with Crippen LogP contribution in [-0.2, 0) is 6.61 Å². The number of benzene rings is 1. The molecule has 4 rings (SSSR count). The summed E-state index contributed by atoms with van der Waals surface area (Å²) in [5.74, 6) is 0.0696. The molecule has 37 heavy (non-hydrogen) atoms. The predicted molar refractivity (Wildman–Crippen MR) is 139 cm³/mol. The third kappa shape index (κ3) is 5.34. The number of hydrogen-bond acceptors (Lipinski definition) is 8. The number of pyridine rings is 2. The van der Waals surface area contributed by atoms with E-state index in [-0.39, 0.29) is 24.0 Å². The number of aliphatic hydroxyl groups excluding tert-OH is 1. The standard InChI is InChI=1S/C27H29FN6O3/c1-15(16(2)19-6-5-7-20-24(26(36)29-3)21(28)12-31-25(19)20)10-30-23-9-22(33-14-34-23)17-8-18(13-35)27(37-4)32-11-17/h5-9,11-12,14-16,35H,10,13H2,1-4H3,(H,29,36)(H,30,33,34). The second-order valence-corrected chi connectivity index (χ2v) is 8.79. The minimum absolute atomic E-state index is 0.00165. The van der Waals surface area contributed by atoms with Crippen LogP contribution in [0.1, 0.15) is 41.3 Å². The van der Waals surface area contributed by atoms with E-state index in [0.29, 0.717) is 40.4 Å². The number of nitrogens with one attached hydrogen (secondary N) is 2. The van der Waals surface area contributed by atoms with Crippen molar-refractivity contribution in [2.24, 2.45) is 5.92 Å². The monoisotopic (exact) mass is 504 g/mol. The lowest BCUT2D eigenvalue weighted by molar-refractivity contribution is 0.0960. The molecule has 9 nitrogen and oxygen atoms in total. The van der Waals surface area contributed by atoms with E-state index >= 15 is 0 Å². The highest BCUT2D eigenvalue weighted by Gasteiger charge is 2.22. The van der Waals surface area contributed by atoms with Gasteiger partial charge in [-0.25, -0.2) is 19.3 Å². The normalized spacial score (nSPS) is 12.7. The van der Waals surface area contributed by atoms with Crippen LogP contribution >= 0.6 is 0 Å². The summed E-state index contributed by atoms with van der Waals surface area (Å²) in [6, 6.07) is 9.10. The molecule has 0 aliphatic rings. The summed E-state index contributed by atoms with van der Waals surface area (Å²) in [6.07, 6.45) is 4.21. The van der Waals surface area contributed by atoms with Gasteiger partial charge in [-0.05, 0) is 23.5 Å². The third-order valence-corrected chi connectivity index (χ3v) is 6.54. The van der Waals surface area contributed by atoms with Crippen molar-refractivity contribution < 1.29 is 19.0 Å². The summed E-state index contributed by atoms with van der Waals surface area (Å²) in [7, 11) is 2.98.